The lowest BCUT2D eigenvalue weighted by atomic mass is 10.1. The molecule has 2 rings (SSSR count). The van der Waals surface area contributed by atoms with Gasteiger partial charge in [-0.1, -0.05) is 0 Å². The first-order valence-electron chi connectivity index (χ1n) is 6.30. The van der Waals surface area contributed by atoms with Crippen molar-refractivity contribution in [2.75, 3.05) is 5.32 Å². The lowest BCUT2D eigenvalue weighted by Gasteiger charge is -2.29. The minimum Gasteiger partial charge on any atom is -0.419 e. The Morgan fingerprint density at radius 1 is 1.13 bits per heavy atom. The Morgan fingerprint density at radius 3 is 2.22 bits per heavy atom. The Balaban J connectivity index is 2.24. The number of rotatable bonds is 2. The van der Waals surface area contributed by atoms with Crippen LogP contribution >= 0.6 is 0 Å². The van der Waals surface area contributed by atoms with Crippen LogP contribution in [0, 0.1) is 5.82 Å². The van der Waals surface area contributed by atoms with Crippen LogP contribution in [0.2, 0.25) is 0 Å². The van der Waals surface area contributed by atoms with E-state index in [9.17, 15) is 27.2 Å². The van der Waals surface area contributed by atoms with Crippen LogP contribution in [-0.4, -0.2) is 17.7 Å². The molecule has 1 aromatic rings. The van der Waals surface area contributed by atoms with Crippen LogP contribution < -0.4 is 5.32 Å². The smallest absolute Gasteiger partial charge is 0.419 e. The molecule has 1 aliphatic rings. The summed E-state index contributed by atoms with van der Waals surface area (Å²) < 4.78 is 60.6. The van der Waals surface area contributed by atoms with E-state index in [-0.39, 0.29) is 5.69 Å². The molecule has 0 saturated carbocycles. The molecule has 1 saturated heterocycles. The number of alkyl halides is 3. The largest absolute Gasteiger partial charge is 0.419 e. The molecule has 1 fully saturated rings. The van der Waals surface area contributed by atoms with Gasteiger partial charge in [-0.05, 0) is 18.2 Å². The topological polar surface area (TPSA) is 64.6 Å². The van der Waals surface area contributed by atoms with E-state index < -0.39 is 40.9 Å². The Bertz CT molecular complexity index is 673. The molecular formula is C14H11F4NO4. The van der Waals surface area contributed by atoms with Crippen molar-refractivity contribution in [1.29, 1.82) is 0 Å². The third-order valence-corrected chi connectivity index (χ3v) is 2.77. The van der Waals surface area contributed by atoms with Gasteiger partial charge in [-0.15, -0.1) is 0 Å². The molecule has 0 spiro atoms. The van der Waals surface area contributed by atoms with Crippen molar-refractivity contribution in [3.05, 3.63) is 41.4 Å². The van der Waals surface area contributed by atoms with Gasteiger partial charge in [0.25, 0.3) is 5.79 Å². The zero-order chi connectivity index (χ0) is 17.4. The van der Waals surface area contributed by atoms with E-state index in [1.807, 2.05) is 0 Å². The molecular weight excluding hydrogens is 322 g/mol. The maximum absolute atomic E-state index is 13.2. The summed E-state index contributed by atoms with van der Waals surface area (Å²) in [5.74, 6) is -4.84. The molecule has 0 amide bonds. The third-order valence-electron chi connectivity index (χ3n) is 2.77. The van der Waals surface area contributed by atoms with Gasteiger partial charge in [0.1, 0.15) is 5.82 Å². The molecule has 0 atom stereocenters. The molecule has 23 heavy (non-hydrogen) atoms. The van der Waals surface area contributed by atoms with Crippen molar-refractivity contribution in [3.63, 3.8) is 0 Å². The standard InChI is InChI=1S/C14H11F4NO4/c1-13(2)22-11(20)8(12(21)23-13)6-19-7-3-4-10(15)9(5-7)14(16,17)18/h3-6,19H,1-2H3. The van der Waals surface area contributed by atoms with Crippen molar-refractivity contribution < 1.29 is 36.6 Å². The highest BCUT2D eigenvalue weighted by molar-refractivity contribution is 6.15. The first-order valence-corrected chi connectivity index (χ1v) is 6.30. The van der Waals surface area contributed by atoms with Crippen molar-refractivity contribution in [1.82, 2.24) is 0 Å². The maximum Gasteiger partial charge on any atom is 0.419 e. The number of carbonyl (C=O) groups excluding carboxylic acids is 2. The van der Waals surface area contributed by atoms with E-state index in [0.29, 0.717) is 12.1 Å². The first kappa shape index (κ1) is 16.8. The van der Waals surface area contributed by atoms with Crippen molar-refractivity contribution in [3.8, 4) is 0 Å². The first-order chi connectivity index (χ1) is 10.5. The molecule has 1 heterocycles. The van der Waals surface area contributed by atoms with Gasteiger partial charge >= 0.3 is 18.1 Å². The summed E-state index contributed by atoms with van der Waals surface area (Å²) in [7, 11) is 0. The molecule has 0 aliphatic carbocycles. The summed E-state index contributed by atoms with van der Waals surface area (Å²) >= 11 is 0. The predicted octanol–water partition coefficient (Wildman–Crippen LogP) is 2.98. The van der Waals surface area contributed by atoms with Crippen LogP contribution in [0.15, 0.2) is 30.0 Å². The van der Waals surface area contributed by atoms with E-state index in [0.717, 1.165) is 12.3 Å². The lowest BCUT2D eigenvalue weighted by molar-refractivity contribution is -0.222. The van der Waals surface area contributed by atoms with Crippen LogP contribution in [0.1, 0.15) is 19.4 Å². The van der Waals surface area contributed by atoms with E-state index >= 15 is 0 Å². The fraction of sp³-hybridized carbons (Fsp3) is 0.286. The number of halogens is 4. The zero-order valence-corrected chi connectivity index (χ0v) is 12.0. The highest BCUT2D eigenvalue weighted by Gasteiger charge is 2.39. The second-order valence-corrected chi connectivity index (χ2v) is 5.07. The number of cyclic esters (lactones) is 2. The van der Waals surface area contributed by atoms with Gasteiger partial charge in [-0.25, -0.2) is 14.0 Å². The van der Waals surface area contributed by atoms with Crippen LogP contribution in [-0.2, 0) is 25.2 Å². The quantitative estimate of drug-likeness (QED) is 0.390. The van der Waals surface area contributed by atoms with Gasteiger partial charge in [-0.3, -0.25) is 0 Å². The molecule has 0 aromatic heterocycles. The van der Waals surface area contributed by atoms with Crippen LogP contribution in [0.25, 0.3) is 0 Å². The minimum absolute atomic E-state index is 0.170. The molecule has 1 aliphatic heterocycles. The summed E-state index contributed by atoms with van der Waals surface area (Å²) in [6.45, 7) is 2.70. The Labute approximate surface area is 127 Å². The fourth-order valence-electron chi connectivity index (χ4n) is 1.77. The molecule has 5 nitrogen and oxygen atoms in total. The number of nitrogens with one attached hydrogen (secondary N) is 1. The van der Waals surface area contributed by atoms with E-state index in [2.05, 4.69) is 5.32 Å². The summed E-state index contributed by atoms with van der Waals surface area (Å²) in [5.41, 5.74) is -2.17. The lowest BCUT2D eigenvalue weighted by Crippen LogP contribution is -2.42. The van der Waals surface area contributed by atoms with Gasteiger partial charge in [0, 0.05) is 25.7 Å². The molecule has 124 valence electrons. The number of carbonyl (C=O) groups is 2. The summed E-state index contributed by atoms with van der Waals surface area (Å²) in [6, 6.07) is 2.14. The maximum atomic E-state index is 13.2. The third kappa shape index (κ3) is 3.79. The molecule has 1 N–H and O–H groups in total. The molecule has 0 bridgehead atoms. The number of benzene rings is 1. The van der Waals surface area contributed by atoms with Crippen LogP contribution in [0.3, 0.4) is 0 Å². The average Bonchev–Trinajstić information content (AvgIpc) is 2.36. The summed E-state index contributed by atoms with van der Waals surface area (Å²) in [4.78, 5) is 23.3. The van der Waals surface area contributed by atoms with E-state index in [1.54, 1.807) is 0 Å². The van der Waals surface area contributed by atoms with E-state index in [1.165, 1.54) is 13.8 Å². The number of ether oxygens (including phenoxy) is 2. The second-order valence-electron chi connectivity index (χ2n) is 5.07. The minimum atomic E-state index is -4.87. The van der Waals surface area contributed by atoms with Gasteiger partial charge in [0.15, 0.2) is 5.57 Å². The number of hydrogen-bond donors (Lipinski definition) is 1. The Hall–Kier alpha value is -2.58. The monoisotopic (exact) mass is 333 g/mol. The number of esters is 2. The Kier molecular flexibility index (Phi) is 4.06. The second kappa shape index (κ2) is 5.56. The van der Waals surface area contributed by atoms with Crippen molar-refractivity contribution >= 4 is 17.6 Å². The fourth-order valence-corrected chi connectivity index (χ4v) is 1.77. The zero-order valence-electron chi connectivity index (χ0n) is 12.0. The van der Waals surface area contributed by atoms with Gasteiger partial charge in [-0.2, -0.15) is 13.2 Å². The Morgan fingerprint density at radius 2 is 1.70 bits per heavy atom. The summed E-state index contributed by atoms with van der Waals surface area (Å²) in [5, 5.41) is 2.31. The van der Waals surface area contributed by atoms with Gasteiger partial charge < -0.3 is 14.8 Å². The average molecular weight is 333 g/mol. The highest BCUT2D eigenvalue weighted by atomic mass is 19.4. The molecule has 1 aromatic carbocycles. The SMILES string of the molecule is CC1(C)OC(=O)C(=CNc2ccc(F)c(C(F)(F)F)c2)C(=O)O1. The predicted molar refractivity (Wildman–Crippen MR) is 69.4 cm³/mol. The number of hydrogen-bond acceptors (Lipinski definition) is 5. The normalized spacial score (nSPS) is 17.4. The van der Waals surface area contributed by atoms with Crippen LogP contribution in [0.4, 0.5) is 23.2 Å². The highest BCUT2D eigenvalue weighted by Crippen LogP contribution is 2.33. The number of anilines is 1. The molecule has 0 unspecified atom stereocenters. The van der Waals surface area contributed by atoms with Gasteiger partial charge in [0.2, 0.25) is 0 Å². The van der Waals surface area contributed by atoms with Crippen LogP contribution in [0.5, 0.6) is 0 Å². The summed E-state index contributed by atoms with van der Waals surface area (Å²) in [6.07, 6.45) is -4.03. The molecule has 0 radical (unpaired) electrons. The van der Waals surface area contributed by atoms with Gasteiger partial charge in [0.05, 0.1) is 5.56 Å². The van der Waals surface area contributed by atoms with E-state index in [4.69, 9.17) is 9.47 Å². The van der Waals surface area contributed by atoms with Crippen molar-refractivity contribution in [2.45, 2.75) is 25.8 Å². The van der Waals surface area contributed by atoms with Crippen molar-refractivity contribution in [2.24, 2.45) is 0 Å². The molecule has 9 heteroatoms.